The van der Waals surface area contributed by atoms with Crippen molar-refractivity contribution in [3.8, 4) is 6.07 Å². The van der Waals surface area contributed by atoms with E-state index in [0.29, 0.717) is 32.8 Å². The van der Waals surface area contributed by atoms with Crippen molar-refractivity contribution in [2.24, 2.45) is 0 Å². The summed E-state index contributed by atoms with van der Waals surface area (Å²) >= 11 is 0. The summed E-state index contributed by atoms with van der Waals surface area (Å²) in [5.74, 6) is 0.843. The standard InChI is InChI=1S/C20H27N7O3S/c21-7-2-9-26(13-16-3-1-12-30-16)31(28,29)27-11-10-25(14-20(27)5-6-20)19-17-4-8-22-18(17)23-15-24-19/h4,8,15-16H,1-3,5-6,9-14H2,(H,22,23,24). The van der Waals surface area contributed by atoms with Crippen LogP contribution in [0.3, 0.4) is 0 Å². The molecule has 1 N–H and O–H groups in total. The second-order valence-corrected chi connectivity index (χ2v) is 10.4. The minimum absolute atomic E-state index is 0.0900. The van der Waals surface area contributed by atoms with E-state index < -0.39 is 15.7 Å². The third-order valence-electron chi connectivity index (χ3n) is 6.56. The SMILES string of the molecule is N#CCCN(CC1CCCO1)S(=O)(=O)N1CCN(c2ncnc3[nH]ccc23)CC12CC2. The van der Waals surface area contributed by atoms with Gasteiger partial charge < -0.3 is 14.6 Å². The molecule has 3 aliphatic rings. The maximum absolute atomic E-state index is 13.7. The molecule has 0 radical (unpaired) electrons. The fourth-order valence-electron chi connectivity index (χ4n) is 4.80. The molecule has 2 aromatic rings. The molecule has 166 valence electrons. The van der Waals surface area contributed by atoms with E-state index in [4.69, 9.17) is 10.00 Å². The van der Waals surface area contributed by atoms with Gasteiger partial charge in [0.05, 0.1) is 23.1 Å². The van der Waals surface area contributed by atoms with Crippen LogP contribution in [-0.4, -0.2) is 83.0 Å². The van der Waals surface area contributed by atoms with Gasteiger partial charge in [-0.3, -0.25) is 0 Å². The molecule has 0 amide bonds. The average molecular weight is 446 g/mol. The first-order valence-electron chi connectivity index (χ1n) is 10.8. The van der Waals surface area contributed by atoms with Gasteiger partial charge in [-0.2, -0.15) is 22.3 Å². The van der Waals surface area contributed by atoms with Crippen molar-refractivity contribution in [2.45, 2.75) is 43.7 Å². The molecule has 1 saturated carbocycles. The number of hydrogen-bond donors (Lipinski definition) is 1. The zero-order chi connectivity index (χ0) is 21.5. The van der Waals surface area contributed by atoms with Gasteiger partial charge in [-0.15, -0.1) is 0 Å². The highest BCUT2D eigenvalue weighted by Gasteiger charge is 2.57. The van der Waals surface area contributed by atoms with Crippen molar-refractivity contribution in [3.63, 3.8) is 0 Å². The number of fused-ring (bicyclic) bond motifs is 1. The quantitative estimate of drug-likeness (QED) is 0.681. The van der Waals surface area contributed by atoms with Crippen LogP contribution in [0.25, 0.3) is 11.0 Å². The molecule has 10 nitrogen and oxygen atoms in total. The molecule has 2 aromatic heterocycles. The molecule has 1 aliphatic carbocycles. The molecule has 1 unspecified atom stereocenters. The molecule has 5 rings (SSSR count). The van der Waals surface area contributed by atoms with Gasteiger partial charge in [0.15, 0.2) is 0 Å². The second kappa shape index (κ2) is 8.02. The van der Waals surface area contributed by atoms with E-state index in [-0.39, 0.29) is 19.1 Å². The number of anilines is 1. The minimum Gasteiger partial charge on any atom is -0.377 e. The van der Waals surface area contributed by atoms with E-state index in [2.05, 4.69) is 25.9 Å². The van der Waals surface area contributed by atoms with Gasteiger partial charge >= 0.3 is 0 Å². The number of nitrogens with one attached hydrogen (secondary N) is 1. The van der Waals surface area contributed by atoms with Gasteiger partial charge in [-0.25, -0.2) is 9.97 Å². The van der Waals surface area contributed by atoms with Gasteiger partial charge in [0.2, 0.25) is 0 Å². The number of ether oxygens (including phenoxy) is 1. The van der Waals surface area contributed by atoms with Crippen molar-refractivity contribution in [1.29, 1.82) is 5.26 Å². The van der Waals surface area contributed by atoms with Crippen molar-refractivity contribution in [3.05, 3.63) is 18.6 Å². The third kappa shape index (κ3) is 3.78. The largest absolute Gasteiger partial charge is 0.377 e. The van der Waals surface area contributed by atoms with Crippen molar-refractivity contribution in [2.75, 3.05) is 44.2 Å². The van der Waals surface area contributed by atoms with E-state index in [9.17, 15) is 8.42 Å². The Kier molecular flexibility index (Phi) is 5.34. The Bertz CT molecular complexity index is 1090. The first kappa shape index (κ1) is 20.6. The smallest absolute Gasteiger partial charge is 0.282 e. The molecule has 11 heteroatoms. The van der Waals surface area contributed by atoms with Crippen LogP contribution < -0.4 is 4.90 Å². The van der Waals surface area contributed by atoms with E-state index in [0.717, 1.165) is 42.5 Å². The number of nitrogens with zero attached hydrogens (tertiary/aromatic N) is 6. The fraction of sp³-hybridized carbons (Fsp3) is 0.650. The van der Waals surface area contributed by atoms with Crippen molar-refractivity contribution < 1.29 is 13.2 Å². The molecule has 0 bridgehead atoms. The number of hydrogen-bond acceptors (Lipinski definition) is 7. The van der Waals surface area contributed by atoms with Crippen LogP contribution in [0, 0.1) is 11.3 Å². The third-order valence-corrected chi connectivity index (χ3v) is 8.67. The van der Waals surface area contributed by atoms with Crippen LogP contribution in [0.2, 0.25) is 0 Å². The lowest BCUT2D eigenvalue weighted by Crippen LogP contribution is -2.60. The fourth-order valence-corrected chi connectivity index (χ4v) is 6.79. The molecule has 1 atom stereocenters. The Morgan fingerprint density at radius 2 is 2.23 bits per heavy atom. The van der Waals surface area contributed by atoms with E-state index in [1.165, 1.54) is 4.31 Å². The van der Waals surface area contributed by atoms with Crippen LogP contribution >= 0.6 is 0 Å². The van der Waals surface area contributed by atoms with Gasteiger partial charge in [0.1, 0.15) is 17.8 Å². The highest BCUT2D eigenvalue weighted by Crippen LogP contribution is 2.47. The number of aromatic nitrogens is 3. The number of aromatic amines is 1. The van der Waals surface area contributed by atoms with Crippen LogP contribution in [0.5, 0.6) is 0 Å². The monoisotopic (exact) mass is 445 g/mol. The molecular weight excluding hydrogens is 418 g/mol. The Morgan fingerprint density at radius 1 is 1.35 bits per heavy atom. The summed E-state index contributed by atoms with van der Waals surface area (Å²) in [4.78, 5) is 14.0. The predicted molar refractivity (Wildman–Crippen MR) is 114 cm³/mol. The molecule has 3 fully saturated rings. The number of H-pyrrole nitrogens is 1. The highest BCUT2D eigenvalue weighted by atomic mass is 32.2. The van der Waals surface area contributed by atoms with Crippen LogP contribution in [0.15, 0.2) is 18.6 Å². The van der Waals surface area contributed by atoms with E-state index in [1.54, 1.807) is 10.6 Å². The second-order valence-electron chi connectivity index (χ2n) is 8.56. The molecular formula is C20H27N7O3S. The summed E-state index contributed by atoms with van der Waals surface area (Å²) in [5, 5.41) is 10.0. The zero-order valence-corrected chi connectivity index (χ0v) is 18.2. The first-order valence-corrected chi connectivity index (χ1v) is 12.2. The zero-order valence-electron chi connectivity index (χ0n) is 17.4. The Labute approximate surface area is 182 Å². The van der Waals surface area contributed by atoms with Gasteiger partial charge in [-0.1, -0.05) is 0 Å². The first-order chi connectivity index (χ1) is 15.0. The number of nitriles is 1. The highest BCUT2D eigenvalue weighted by molar-refractivity contribution is 7.86. The average Bonchev–Trinajstić information content (AvgIpc) is 3.17. The van der Waals surface area contributed by atoms with Crippen molar-refractivity contribution in [1.82, 2.24) is 23.6 Å². The van der Waals surface area contributed by atoms with Gasteiger partial charge in [-0.05, 0) is 31.7 Å². The summed E-state index contributed by atoms with van der Waals surface area (Å²) in [6.07, 6.45) is 6.94. The summed E-state index contributed by atoms with van der Waals surface area (Å²) in [6.45, 7) is 2.75. The Morgan fingerprint density at radius 3 is 2.97 bits per heavy atom. The van der Waals surface area contributed by atoms with Crippen molar-refractivity contribution >= 4 is 27.1 Å². The number of rotatable bonds is 7. The summed E-state index contributed by atoms with van der Waals surface area (Å²) in [7, 11) is -3.70. The Balaban J connectivity index is 1.37. The molecule has 31 heavy (non-hydrogen) atoms. The molecule has 2 saturated heterocycles. The predicted octanol–water partition coefficient (Wildman–Crippen LogP) is 1.25. The lowest BCUT2D eigenvalue weighted by molar-refractivity contribution is 0.0913. The number of piperazine rings is 1. The summed E-state index contributed by atoms with van der Waals surface area (Å²) in [6, 6.07) is 4.04. The van der Waals surface area contributed by atoms with E-state index in [1.807, 2.05) is 12.3 Å². The van der Waals surface area contributed by atoms with Crippen LogP contribution in [0.1, 0.15) is 32.1 Å². The van der Waals surface area contributed by atoms with Crippen LogP contribution in [-0.2, 0) is 14.9 Å². The summed E-state index contributed by atoms with van der Waals surface area (Å²) < 4.78 is 36.2. The molecule has 4 heterocycles. The van der Waals surface area contributed by atoms with Crippen LogP contribution in [0.4, 0.5) is 5.82 Å². The lowest BCUT2D eigenvalue weighted by atomic mass is 10.2. The Hall–Kier alpha value is -2.26. The minimum atomic E-state index is -3.70. The maximum atomic E-state index is 13.7. The molecule has 2 aliphatic heterocycles. The lowest BCUT2D eigenvalue weighted by Gasteiger charge is -2.43. The maximum Gasteiger partial charge on any atom is 0.282 e. The molecule has 0 aromatic carbocycles. The topological polar surface area (TPSA) is 118 Å². The van der Waals surface area contributed by atoms with Gasteiger partial charge in [0, 0.05) is 51.9 Å². The molecule has 1 spiro atoms. The van der Waals surface area contributed by atoms with Gasteiger partial charge in [0.25, 0.3) is 10.2 Å². The normalized spacial score (nSPS) is 23.6. The van der Waals surface area contributed by atoms with E-state index >= 15 is 0 Å². The summed E-state index contributed by atoms with van der Waals surface area (Å²) in [5.41, 5.74) is 0.371.